The van der Waals surface area contributed by atoms with Gasteiger partial charge in [0.25, 0.3) is 0 Å². The second-order valence-electron chi connectivity index (χ2n) is 4.55. The van der Waals surface area contributed by atoms with Gasteiger partial charge in [0.05, 0.1) is 5.54 Å². The van der Waals surface area contributed by atoms with E-state index >= 15 is 0 Å². The third-order valence-electron chi connectivity index (χ3n) is 2.89. The van der Waals surface area contributed by atoms with Crippen LogP contribution in [0.3, 0.4) is 0 Å². The van der Waals surface area contributed by atoms with Crippen LogP contribution in [0, 0.1) is 0 Å². The van der Waals surface area contributed by atoms with E-state index in [2.05, 4.69) is 10.3 Å². The summed E-state index contributed by atoms with van der Waals surface area (Å²) < 4.78 is 0. The number of nitrogens with one attached hydrogen (secondary N) is 2. The van der Waals surface area contributed by atoms with E-state index in [0.717, 1.165) is 18.7 Å². The summed E-state index contributed by atoms with van der Waals surface area (Å²) in [5.74, 6) is 0.113. The number of aromatic nitrogens is 1. The van der Waals surface area contributed by atoms with Crippen molar-refractivity contribution in [3.05, 3.63) is 24.0 Å². The third kappa shape index (κ3) is 3.10. The molecule has 0 fully saturated rings. The minimum atomic E-state index is -0.496. The first-order valence-electron chi connectivity index (χ1n) is 5.54. The molecular formula is C12H21N3O. The van der Waals surface area contributed by atoms with E-state index in [9.17, 15) is 4.79 Å². The Balaban J connectivity index is 2.46. The third-order valence-corrected chi connectivity index (χ3v) is 2.89. The van der Waals surface area contributed by atoms with Gasteiger partial charge in [-0.3, -0.25) is 4.79 Å². The van der Waals surface area contributed by atoms with Crippen LogP contribution in [0.5, 0.6) is 0 Å². The van der Waals surface area contributed by atoms with Gasteiger partial charge >= 0.3 is 0 Å². The van der Waals surface area contributed by atoms with Crippen LogP contribution in [0.15, 0.2) is 18.3 Å². The molecule has 1 heterocycles. The number of hydrogen-bond donors (Lipinski definition) is 2. The SMILES string of the molecule is CNC(C)(C)C(=O)N(C)CCc1ccc[nH]1. The van der Waals surface area contributed by atoms with Crippen LogP contribution < -0.4 is 5.32 Å². The van der Waals surface area contributed by atoms with Gasteiger partial charge in [-0.15, -0.1) is 0 Å². The molecule has 0 spiro atoms. The van der Waals surface area contributed by atoms with Crippen molar-refractivity contribution in [3.8, 4) is 0 Å². The molecule has 0 saturated heterocycles. The van der Waals surface area contributed by atoms with Gasteiger partial charge < -0.3 is 15.2 Å². The van der Waals surface area contributed by atoms with Crippen molar-refractivity contribution in [1.29, 1.82) is 0 Å². The number of H-pyrrole nitrogens is 1. The van der Waals surface area contributed by atoms with Crippen LogP contribution in [0.2, 0.25) is 0 Å². The lowest BCUT2D eigenvalue weighted by molar-refractivity contribution is -0.135. The van der Waals surface area contributed by atoms with Gasteiger partial charge in [0.1, 0.15) is 0 Å². The summed E-state index contributed by atoms with van der Waals surface area (Å²) in [5, 5.41) is 3.02. The van der Waals surface area contributed by atoms with Gasteiger partial charge in [0.2, 0.25) is 5.91 Å². The molecule has 90 valence electrons. The number of carbonyl (C=O) groups excluding carboxylic acids is 1. The van der Waals surface area contributed by atoms with E-state index in [1.165, 1.54) is 0 Å². The monoisotopic (exact) mass is 223 g/mol. The first kappa shape index (κ1) is 12.8. The lowest BCUT2D eigenvalue weighted by Gasteiger charge is -2.28. The van der Waals surface area contributed by atoms with Crippen molar-refractivity contribution in [3.63, 3.8) is 0 Å². The van der Waals surface area contributed by atoms with Crippen molar-refractivity contribution in [1.82, 2.24) is 15.2 Å². The maximum atomic E-state index is 12.0. The summed E-state index contributed by atoms with van der Waals surface area (Å²) in [6.45, 7) is 4.51. The Kier molecular flexibility index (Phi) is 4.12. The molecule has 0 aliphatic heterocycles. The minimum absolute atomic E-state index is 0.113. The molecule has 0 aliphatic rings. The van der Waals surface area contributed by atoms with E-state index in [4.69, 9.17) is 0 Å². The predicted octanol–water partition coefficient (Wildman–Crippen LogP) is 1.01. The summed E-state index contributed by atoms with van der Waals surface area (Å²) in [5.41, 5.74) is 0.659. The molecule has 0 saturated carbocycles. The minimum Gasteiger partial charge on any atom is -0.365 e. The summed E-state index contributed by atoms with van der Waals surface area (Å²) >= 11 is 0. The number of aromatic amines is 1. The summed E-state index contributed by atoms with van der Waals surface area (Å²) in [4.78, 5) is 16.9. The van der Waals surface area contributed by atoms with Crippen molar-refractivity contribution < 1.29 is 4.79 Å². The smallest absolute Gasteiger partial charge is 0.242 e. The lowest BCUT2D eigenvalue weighted by atomic mass is 10.0. The van der Waals surface area contributed by atoms with Crippen molar-refractivity contribution in [2.75, 3.05) is 20.6 Å². The number of rotatable bonds is 5. The van der Waals surface area contributed by atoms with Crippen LogP contribution in [-0.2, 0) is 11.2 Å². The largest absolute Gasteiger partial charge is 0.365 e. The predicted molar refractivity (Wildman–Crippen MR) is 65.3 cm³/mol. The van der Waals surface area contributed by atoms with Crippen molar-refractivity contribution in [2.24, 2.45) is 0 Å². The fourth-order valence-electron chi connectivity index (χ4n) is 1.50. The highest BCUT2D eigenvalue weighted by Gasteiger charge is 2.27. The Morgan fingerprint density at radius 1 is 1.56 bits per heavy atom. The topological polar surface area (TPSA) is 48.1 Å². The zero-order valence-electron chi connectivity index (χ0n) is 10.5. The maximum absolute atomic E-state index is 12.0. The zero-order chi connectivity index (χ0) is 12.2. The van der Waals surface area contributed by atoms with E-state index in [-0.39, 0.29) is 5.91 Å². The number of amides is 1. The Bertz CT molecular complexity index is 330. The Morgan fingerprint density at radius 2 is 2.25 bits per heavy atom. The molecule has 0 unspecified atom stereocenters. The normalized spacial score (nSPS) is 11.5. The van der Waals surface area contributed by atoms with Gasteiger partial charge in [0.15, 0.2) is 0 Å². The fourth-order valence-corrected chi connectivity index (χ4v) is 1.50. The van der Waals surface area contributed by atoms with Gasteiger partial charge in [-0.2, -0.15) is 0 Å². The van der Waals surface area contributed by atoms with Crippen LogP contribution in [0.1, 0.15) is 19.5 Å². The molecule has 1 rings (SSSR count). The lowest BCUT2D eigenvalue weighted by Crippen LogP contribution is -2.52. The molecule has 1 aromatic rings. The fraction of sp³-hybridized carbons (Fsp3) is 0.583. The van der Waals surface area contributed by atoms with Gasteiger partial charge in [0, 0.05) is 31.9 Å². The quantitative estimate of drug-likeness (QED) is 0.783. The summed E-state index contributed by atoms with van der Waals surface area (Å²) in [6.07, 6.45) is 2.75. The number of hydrogen-bond acceptors (Lipinski definition) is 2. The molecule has 0 atom stereocenters. The average molecular weight is 223 g/mol. The van der Waals surface area contributed by atoms with Crippen LogP contribution in [0.4, 0.5) is 0 Å². The molecule has 0 radical (unpaired) electrons. The first-order valence-corrected chi connectivity index (χ1v) is 5.54. The molecule has 0 bridgehead atoms. The molecular weight excluding hydrogens is 202 g/mol. The summed E-state index contributed by atoms with van der Waals surface area (Å²) in [6, 6.07) is 4.00. The number of likely N-dealkylation sites (N-methyl/N-ethyl adjacent to an activating group) is 2. The Morgan fingerprint density at radius 3 is 2.75 bits per heavy atom. The maximum Gasteiger partial charge on any atom is 0.242 e. The van der Waals surface area contributed by atoms with E-state index in [0.29, 0.717) is 0 Å². The standard InChI is InChI=1S/C12H21N3O/c1-12(2,13-3)11(16)15(4)9-7-10-6-5-8-14-10/h5-6,8,13-14H,7,9H2,1-4H3. The van der Waals surface area contributed by atoms with Crippen LogP contribution >= 0.6 is 0 Å². The van der Waals surface area contributed by atoms with Crippen molar-refractivity contribution >= 4 is 5.91 Å². The zero-order valence-corrected chi connectivity index (χ0v) is 10.5. The highest BCUT2D eigenvalue weighted by molar-refractivity contribution is 5.85. The van der Waals surface area contributed by atoms with Gasteiger partial charge in [-0.1, -0.05) is 0 Å². The Hall–Kier alpha value is -1.29. The molecule has 0 aliphatic carbocycles. The molecule has 4 heteroatoms. The van der Waals surface area contributed by atoms with Gasteiger partial charge in [-0.05, 0) is 33.0 Å². The molecule has 2 N–H and O–H groups in total. The first-order chi connectivity index (χ1) is 7.47. The average Bonchev–Trinajstić information content (AvgIpc) is 2.77. The van der Waals surface area contributed by atoms with Crippen molar-refractivity contribution in [2.45, 2.75) is 25.8 Å². The second-order valence-corrected chi connectivity index (χ2v) is 4.55. The van der Waals surface area contributed by atoms with E-state index in [1.54, 1.807) is 11.9 Å². The number of carbonyl (C=O) groups is 1. The second kappa shape index (κ2) is 5.16. The molecule has 1 amide bonds. The molecule has 16 heavy (non-hydrogen) atoms. The van der Waals surface area contributed by atoms with Crippen LogP contribution in [-0.4, -0.2) is 42.0 Å². The number of nitrogens with zero attached hydrogens (tertiary/aromatic N) is 1. The van der Waals surface area contributed by atoms with Gasteiger partial charge in [-0.25, -0.2) is 0 Å². The van der Waals surface area contributed by atoms with E-state index < -0.39 is 5.54 Å². The highest BCUT2D eigenvalue weighted by atomic mass is 16.2. The molecule has 1 aromatic heterocycles. The molecule has 0 aromatic carbocycles. The molecule has 4 nitrogen and oxygen atoms in total. The van der Waals surface area contributed by atoms with Crippen LogP contribution in [0.25, 0.3) is 0 Å². The Labute approximate surface area is 97.0 Å². The summed E-state index contributed by atoms with van der Waals surface area (Å²) in [7, 11) is 3.64. The highest BCUT2D eigenvalue weighted by Crippen LogP contribution is 2.06. The van der Waals surface area contributed by atoms with E-state index in [1.807, 2.05) is 39.2 Å².